The van der Waals surface area contributed by atoms with Gasteiger partial charge in [0.1, 0.15) is 0 Å². The van der Waals surface area contributed by atoms with Crippen LogP contribution in [-0.2, 0) is 14.3 Å². The number of hydrogen-bond donors (Lipinski definition) is 2. The number of nitrogens with one attached hydrogen (secondary N) is 2. The maximum absolute atomic E-state index is 11.7. The minimum absolute atomic E-state index is 0.0143. The van der Waals surface area contributed by atoms with Crippen LogP contribution in [0.1, 0.15) is 31.4 Å². The highest BCUT2D eigenvalue weighted by atomic mass is 35.5. The molecule has 1 rings (SSSR count). The quantitative estimate of drug-likeness (QED) is 0.569. The van der Waals surface area contributed by atoms with E-state index in [0.717, 1.165) is 5.56 Å². The summed E-state index contributed by atoms with van der Waals surface area (Å²) in [7, 11) is 1.35. The predicted molar refractivity (Wildman–Crippen MR) is 82.1 cm³/mol. The van der Waals surface area contributed by atoms with E-state index in [0.29, 0.717) is 24.4 Å². The van der Waals surface area contributed by atoms with Crippen molar-refractivity contribution in [3.8, 4) is 0 Å². The number of hydrogen-bond acceptors (Lipinski definition) is 4. The molecule has 21 heavy (non-hydrogen) atoms. The van der Waals surface area contributed by atoms with Crippen molar-refractivity contribution in [2.45, 2.75) is 25.8 Å². The van der Waals surface area contributed by atoms with Crippen molar-refractivity contribution >= 4 is 23.5 Å². The Morgan fingerprint density at radius 1 is 1.33 bits per heavy atom. The SMILES string of the molecule is COC(=O)CCCNC(=O)CN[C@H](C)c1ccccc1Cl. The Labute approximate surface area is 130 Å². The second-order valence-corrected chi connectivity index (χ2v) is 5.06. The normalized spacial score (nSPS) is 11.8. The summed E-state index contributed by atoms with van der Waals surface area (Å²) in [5.74, 6) is -0.381. The van der Waals surface area contributed by atoms with Crippen LogP contribution < -0.4 is 10.6 Å². The zero-order valence-electron chi connectivity index (χ0n) is 12.3. The lowest BCUT2D eigenvalue weighted by Crippen LogP contribution is -2.35. The second kappa shape index (κ2) is 9.37. The molecule has 0 aliphatic heterocycles. The smallest absolute Gasteiger partial charge is 0.305 e. The maximum atomic E-state index is 11.7. The summed E-state index contributed by atoms with van der Waals surface area (Å²) in [5.41, 5.74) is 0.956. The summed E-state index contributed by atoms with van der Waals surface area (Å²) in [6.07, 6.45) is 0.874. The Morgan fingerprint density at radius 2 is 2.05 bits per heavy atom. The molecule has 1 aromatic rings. The zero-order chi connectivity index (χ0) is 15.7. The third-order valence-corrected chi connectivity index (χ3v) is 3.39. The summed E-state index contributed by atoms with van der Waals surface area (Å²) < 4.78 is 4.52. The van der Waals surface area contributed by atoms with E-state index in [1.807, 2.05) is 31.2 Å². The highest BCUT2D eigenvalue weighted by Crippen LogP contribution is 2.21. The fourth-order valence-electron chi connectivity index (χ4n) is 1.81. The molecule has 5 nitrogen and oxygen atoms in total. The monoisotopic (exact) mass is 312 g/mol. The summed E-state index contributed by atoms with van der Waals surface area (Å²) in [6, 6.07) is 7.51. The molecule has 0 bridgehead atoms. The van der Waals surface area contributed by atoms with Crippen LogP contribution in [0.2, 0.25) is 5.02 Å². The van der Waals surface area contributed by atoms with E-state index in [1.54, 1.807) is 0 Å². The molecule has 0 aliphatic carbocycles. The third kappa shape index (κ3) is 6.60. The first-order valence-corrected chi connectivity index (χ1v) is 7.23. The summed E-state index contributed by atoms with van der Waals surface area (Å²) in [5, 5.41) is 6.53. The molecule has 0 fully saturated rings. The molecule has 0 radical (unpaired) electrons. The molecular weight excluding hydrogens is 292 g/mol. The largest absolute Gasteiger partial charge is 0.469 e. The molecule has 1 aromatic carbocycles. The highest BCUT2D eigenvalue weighted by molar-refractivity contribution is 6.31. The molecule has 6 heteroatoms. The van der Waals surface area contributed by atoms with Gasteiger partial charge in [0.25, 0.3) is 0 Å². The number of esters is 1. The molecule has 2 N–H and O–H groups in total. The van der Waals surface area contributed by atoms with E-state index in [-0.39, 0.29) is 24.5 Å². The van der Waals surface area contributed by atoms with Crippen LogP contribution in [0, 0.1) is 0 Å². The molecule has 0 saturated heterocycles. The Hall–Kier alpha value is -1.59. The number of amides is 1. The van der Waals surface area contributed by atoms with Crippen LogP contribution in [0.5, 0.6) is 0 Å². The van der Waals surface area contributed by atoms with Gasteiger partial charge in [-0.2, -0.15) is 0 Å². The minimum atomic E-state index is -0.269. The van der Waals surface area contributed by atoms with Crippen LogP contribution in [0.25, 0.3) is 0 Å². The first kappa shape index (κ1) is 17.5. The van der Waals surface area contributed by atoms with Crippen molar-refractivity contribution in [1.82, 2.24) is 10.6 Å². The average Bonchev–Trinajstić information content (AvgIpc) is 2.49. The molecule has 0 heterocycles. The molecular formula is C15H21ClN2O3. The molecule has 0 aromatic heterocycles. The van der Waals surface area contributed by atoms with Gasteiger partial charge in [-0.3, -0.25) is 9.59 Å². The number of carbonyl (C=O) groups is 2. The Balaban J connectivity index is 2.24. The van der Waals surface area contributed by atoms with E-state index in [4.69, 9.17) is 11.6 Å². The number of carbonyl (C=O) groups excluding carboxylic acids is 2. The summed E-state index contributed by atoms with van der Waals surface area (Å²) in [6.45, 7) is 2.60. The van der Waals surface area contributed by atoms with Gasteiger partial charge in [0.15, 0.2) is 0 Å². The van der Waals surface area contributed by atoms with Gasteiger partial charge >= 0.3 is 5.97 Å². The Morgan fingerprint density at radius 3 is 2.71 bits per heavy atom. The van der Waals surface area contributed by atoms with Gasteiger partial charge in [-0.05, 0) is 25.0 Å². The van der Waals surface area contributed by atoms with Gasteiger partial charge in [-0.1, -0.05) is 29.8 Å². The van der Waals surface area contributed by atoms with Gasteiger partial charge in [-0.25, -0.2) is 0 Å². The maximum Gasteiger partial charge on any atom is 0.305 e. The van der Waals surface area contributed by atoms with Gasteiger partial charge in [0, 0.05) is 24.0 Å². The van der Waals surface area contributed by atoms with Crippen LogP contribution in [0.3, 0.4) is 0 Å². The second-order valence-electron chi connectivity index (χ2n) is 4.65. The van der Waals surface area contributed by atoms with Crippen molar-refractivity contribution in [2.24, 2.45) is 0 Å². The molecule has 1 amide bonds. The molecule has 116 valence electrons. The Kier molecular flexibility index (Phi) is 7.79. The number of methoxy groups -OCH3 is 1. The van der Waals surface area contributed by atoms with Gasteiger partial charge in [0.05, 0.1) is 13.7 Å². The minimum Gasteiger partial charge on any atom is -0.469 e. The lowest BCUT2D eigenvalue weighted by molar-refractivity contribution is -0.140. The van der Waals surface area contributed by atoms with Crippen LogP contribution in [-0.4, -0.2) is 32.1 Å². The number of halogens is 1. The number of rotatable bonds is 8. The Bertz CT molecular complexity index is 480. The van der Waals surface area contributed by atoms with Crippen molar-refractivity contribution in [3.05, 3.63) is 34.9 Å². The van der Waals surface area contributed by atoms with Crippen molar-refractivity contribution < 1.29 is 14.3 Å². The zero-order valence-corrected chi connectivity index (χ0v) is 13.1. The average molecular weight is 313 g/mol. The first-order valence-electron chi connectivity index (χ1n) is 6.86. The van der Waals surface area contributed by atoms with Gasteiger partial charge in [0.2, 0.25) is 5.91 Å². The van der Waals surface area contributed by atoms with Crippen molar-refractivity contribution in [1.29, 1.82) is 0 Å². The third-order valence-electron chi connectivity index (χ3n) is 3.05. The lowest BCUT2D eigenvalue weighted by atomic mass is 10.1. The van der Waals surface area contributed by atoms with Gasteiger partial charge < -0.3 is 15.4 Å². The predicted octanol–water partition coefficient (Wildman–Crippen LogP) is 2.06. The molecule has 0 spiro atoms. The summed E-state index contributed by atoms with van der Waals surface area (Å²) in [4.78, 5) is 22.6. The summed E-state index contributed by atoms with van der Waals surface area (Å²) >= 11 is 6.10. The number of ether oxygens (including phenoxy) is 1. The van der Waals surface area contributed by atoms with Crippen molar-refractivity contribution in [3.63, 3.8) is 0 Å². The molecule has 0 aliphatic rings. The van der Waals surface area contributed by atoms with E-state index >= 15 is 0 Å². The van der Waals surface area contributed by atoms with Crippen LogP contribution in [0.15, 0.2) is 24.3 Å². The van der Waals surface area contributed by atoms with E-state index in [1.165, 1.54) is 7.11 Å². The lowest BCUT2D eigenvalue weighted by Gasteiger charge is -2.15. The van der Waals surface area contributed by atoms with Crippen LogP contribution in [0.4, 0.5) is 0 Å². The first-order chi connectivity index (χ1) is 10.0. The number of benzene rings is 1. The van der Waals surface area contributed by atoms with Crippen molar-refractivity contribution in [2.75, 3.05) is 20.2 Å². The standard InChI is InChI=1S/C15H21ClN2O3/c1-11(12-6-3-4-7-13(12)16)18-10-14(19)17-9-5-8-15(20)21-2/h3-4,6-7,11,18H,5,8-10H2,1-2H3,(H,17,19)/t11-/m1/s1. The van der Waals surface area contributed by atoms with E-state index in [9.17, 15) is 9.59 Å². The van der Waals surface area contributed by atoms with E-state index < -0.39 is 0 Å². The highest BCUT2D eigenvalue weighted by Gasteiger charge is 2.10. The molecule has 0 unspecified atom stereocenters. The fourth-order valence-corrected chi connectivity index (χ4v) is 2.11. The van der Waals surface area contributed by atoms with Gasteiger partial charge in [-0.15, -0.1) is 0 Å². The molecule has 0 saturated carbocycles. The van der Waals surface area contributed by atoms with E-state index in [2.05, 4.69) is 15.4 Å². The van der Waals surface area contributed by atoms with Crippen LogP contribution >= 0.6 is 11.6 Å². The topological polar surface area (TPSA) is 67.4 Å². The fraction of sp³-hybridized carbons (Fsp3) is 0.467. The molecule has 1 atom stereocenters.